The van der Waals surface area contributed by atoms with Gasteiger partial charge < -0.3 is 0 Å². The summed E-state index contributed by atoms with van der Waals surface area (Å²) in [6, 6.07) is 4.64. The summed E-state index contributed by atoms with van der Waals surface area (Å²) in [7, 11) is 0. The first-order valence-electron chi connectivity index (χ1n) is 8.16. The maximum atomic E-state index is 4.74. The van der Waals surface area contributed by atoms with Gasteiger partial charge in [0.05, 0.1) is 0 Å². The first kappa shape index (κ1) is 17.4. The lowest BCUT2D eigenvalue weighted by Gasteiger charge is -2.26. The minimum atomic E-state index is -0.187. The Kier molecular flexibility index (Phi) is 4.43. The van der Waals surface area contributed by atoms with Gasteiger partial charge in [0.15, 0.2) is 0 Å². The van der Waals surface area contributed by atoms with E-state index in [9.17, 15) is 0 Å². The summed E-state index contributed by atoms with van der Waals surface area (Å²) in [5, 5.41) is 0. The molecular formula is C21H30S. The van der Waals surface area contributed by atoms with Crippen molar-refractivity contribution in [1.82, 2.24) is 0 Å². The highest BCUT2D eigenvalue weighted by Crippen LogP contribution is 2.37. The maximum absolute atomic E-state index is 4.74. The molecule has 0 saturated carbocycles. The summed E-state index contributed by atoms with van der Waals surface area (Å²) in [6.45, 7) is 15.9. The van der Waals surface area contributed by atoms with Crippen molar-refractivity contribution in [2.24, 2.45) is 5.41 Å². The summed E-state index contributed by atoms with van der Waals surface area (Å²) in [4.78, 5) is 0. The van der Waals surface area contributed by atoms with Gasteiger partial charge in [0, 0.05) is 4.75 Å². The Morgan fingerprint density at radius 2 is 1.45 bits per heavy atom. The van der Waals surface area contributed by atoms with Crippen LogP contribution in [0.2, 0.25) is 0 Å². The summed E-state index contributed by atoms with van der Waals surface area (Å²) >= 11 is 4.74. The van der Waals surface area contributed by atoms with Crippen LogP contribution in [0.25, 0.3) is 12.2 Å². The van der Waals surface area contributed by atoms with E-state index in [2.05, 4.69) is 84.9 Å². The Labute approximate surface area is 142 Å². The molecule has 0 bridgehead atoms. The quantitative estimate of drug-likeness (QED) is 0.578. The van der Waals surface area contributed by atoms with Crippen molar-refractivity contribution in [2.45, 2.75) is 65.0 Å². The Hall–Kier alpha value is -0.950. The van der Waals surface area contributed by atoms with E-state index in [4.69, 9.17) is 12.6 Å². The molecule has 2 rings (SSSR count). The topological polar surface area (TPSA) is 0 Å². The highest BCUT2D eigenvalue weighted by molar-refractivity contribution is 7.82. The van der Waals surface area contributed by atoms with E-state index in [1.165, 1.54) is 22.3 Å². The molecule has 0 heterocycles. The fraction of sp³-hybridized carbons (Fsp3) is 0.524. The first-order valence-corrected chi connectivity index (χ1v) is 8.61. The zero-order valence-corrected chi connectivity index (χ0v) is 16.0. The molecule has 0 aromatic heterocycles. The van der Waals surface area contributed by atoms with E-state index in [1.54, 1.807) is 0 Å². The molecule has 0 fully saturated rings. The predicted molar refractivity (Wildman–Crippen MR) is 104 cm³/mol. The number of rotatable bonds is 1. The van der Waals surface area contributed by atoms with E-state index in [-0.39, 0.29) is 15.6 Å². The third-order valence-electron chi connectivity index (χ3n) is 4.08. The molecule has 120 valence electrons. The van der Waals surface area contributed by atoms with Crippen molar-refractivity contribution in [2.75, 3.05) is 0 Å². The molecule has 0 spiro atoms. The predicted octanol–water partition coefficient (Wildman–Crippen LogP) is 6.30. The molecule has 1 atom stereocenters. The molecule has 1 unspecified atom stereocenters. The van der Waals surface area contributed by atoms with Crippen LogP contribution in [0, 0.1) is 5.41 Å². The fourth-order valence-corrected chi connectivity index (χ4v) is 3.15. The van der Waals surface area contributed by atoms with Gasteiger partial charge in [-0.25, -0.2) is 0 Å². The standard InChI is InChI=1S/C21H30S/c1-19(2,3)14-15-8-9-18(20(4,5)6)17-11-13-21(7,22)12-10-16(15)17/h8-13,22H,14H2,1-7H3. The summed E-state index contributed by atoms with van der Waals surface area (Å²) < 4.78 is -0.187. The second kappa shape index (κ2) is 5.60. The van der Waals surface area contributed by atoms with Crippen molar-refractivity contribution in [3.63, 3.8) is 0 Å². The number of hydrogen-bond donors (Lipinski definition) is 1. The molecule has 1 aliphatic carbocycles. The Morgan fingerprint density at radius 3 is 1.95 bits per heavy atom. The molecule has 0 saturated heterocycles. The van der Waals surface area contributed by atoms with Gasteiger partial charge in [0.1, 0.15) is 0 Å². The van der Waals surface area contributed by atoms with Crippen LogP contribution in [0.15, 0.2) is 24.3 Å². The van der Waals surface area contributed by atoms with Crippen LogP contribution in [-0.4, -0.2) is 4.75 Å². The first-order chi connectivity index (χ1) is 9.89. The third-order valence-corrected chi connectivity index (χ3v) is 4.38. The zero-order valence-electron chi connectivity index (χ0n) is 15.1. The molecule has 1 aliphatic rings. The second-order valence-electron chi connectivity index (χ2n) is 8.98. The van der Waals surface area contributed by atoms with Gasteiger partial charge in [-0.05, 0) is 46.4 Å². The molecule has 0 radical (unpaired) electrons. The highest BCUT2D eigenvalue weighted by atomic mass is 32.1. The lowest BCUT2D eigenvalue weighted by Crippen LogP contribution is -2.16. The van der Waals surface area contributed by atoms with E-state index >= 15 is 0 Å². The molecule has 1 aromatic carbocycles. The largest absolute Gasteiger partial charge is 0.164 e. The SMILES string of the molecule is CC1(S)C=Cc2c(CC(C)(C)C)ccc(C(C)(C)C)c2C=C1. The van der Waals surface area contributed by atoms with Crippen molar-refractivity contribution >= 4 is 24.8 Å². The fourth-order valence-electron chi connectivity index (χ4n) is 3.00. The maximum Gasteiger partial charge on any atom is 0.0466 e. The summed E-state index contributed by atoms with van der Waals surface area (Å²) in [6.07, 6.45) is 10.0. The summed E-state index contributed by atoms with van der Waals surface area (Å²) in [5.74, 6) is 0. The lowest BCUT2D eigenvalue weighted by molar-refractivity contribution is 0.411. The number of thiol groups is 1. The van der Waals surface area contributed by atoms with Gasteiger partial charge in [0.25, 0.3) is 0 Å². The second-order valence-corrected chi connectivity index (χ2v) is 9.94. The average Bonchev–Trinajstić information content (AvgIpc) is 2.46. The van der Waals surface area contributed by atoms with Gasteiger partial charge in [-0.1, -0.05) is 78.0 Å². The summed E-state index contributed by atoms with van der Waals surface area (Å²) in [5.41, 5.74) is 6.00. The minimum absolute atomic E-state index is 0.139. The van der Waals surface area contributed by atoms with E-state index in [0.29, 0.717) is 0 Å². The Bertz CT molecular complexity index is 617. The Balaban J connectivity index is 2.68. The lowest BCUT2D eigenvalue weighted by atomic mass is 9.78. The van der Waals surface area contributed by atoms with Gasteiger partial charge in [-0.3, -0.25) is 0 Å². The van der Waals surface area contributed by atoms with Crippen LogP contribution in [0.4, 0.5) is 0 Å². The monoisotopic (exact) mass is 314 g/mol. The average molecular weight is 315 g/mol. The highest BCUT2D eigenvalue weighted by Gasteiger charge is 2.24. The van der Waals surface area contributed by atoms with E-state index in [0.717, 1.165) is 6.42 Å². The van der Waals surface area contributed by atoms with Crippen molar-refractivity contribution in [3.8, 4) is 0 Å². The van der Waals surface area contributed by atoms with Crippen molar-refractivity contribution in [3.05, 3.63) is 46.5 Å². The number of benzene rings is 1. The van der Waals surface area contributed by atoms with Gasteiger partial charge >= 0.3 is 0 Å². The molecule has 0 amide bonds. The van der Waals surface area contributed by atoms with Crippen LogP contribution >= 0.6 is 12.6 Å². The van der Waals surface area contributed by atoms with Crippen molar-refractivity contribution in [1.29, 1.82) is 0 Å². The molecule has 1 aromatic rings. The molecule has 0 N–H and O–H groups in total. The molecule has 1 heteroatoms. The van der Waals surface area contributed by atoms with Crippen LogP contribution in [0.5, 0.6) is 0 Å². The minimum Gasteiger partial charge on any atom is -0.164 e. The Morgan fingerprint density at radius 1 is 0.909 bits per heavy atom. The van der Waals surface area contributed by atoms with Crippen LogP contribution in [0.3, 0.4) is 0 Å². The zero-order chi connectivity index (χ0) is 16.8. The van der Waals surface area contributed by atoms with Gasteiger partial charge in [-0.2, -0.15) is 12.6 Å². The van der Waals surface area contributed by atoms with Crippen LogP contribution in [-0.2, 0) is 11.8 Å². The molecule has 22 heavy (non-hydrogen) atoms. The molecular weight excluding hydrogens is 284 g/mol. The van der Waals surface area contributed by atoms with Crippen molar-refractivity contribution < 1.29 is 0 Å². The van der Waals surface area contributed by atoms with Crippen LogP contribution < -0.4 is 0 Å². The van der Waals surface area contributed by atoms with Gasteiger partial charge in [0.2, 0.25) is 0 Å². The number of fused-ring (bicyclic) bond motifs is 1. The molecule has 0 nitrogen and oxygen atoms in total. The number of hydrogen-bond acceptors (Lipinski definition) is 1. The van der Waals surface area contributed by atoms with Crippen LogP contribution in [0.1, 0.15) is 70.7 Å². The van der Waals surface area contributed by atoms with E-state index in [1.807, 2.05) is 0 Å². The normalized spacial score (nSPS) is 21.6. The van der Waals surface area contributed by atoms with Gasteiger partial charge in [-0.15, -0.1) is 0 Å². The third kappa shape index (κ3) is 4.07. The molecule has 0 aliphatic heterocycles. The van der Waals surface area contributed by atoms with E-state index < -0.39 is 0 Å². The smallest absolute Gasteiger partial charge is 0.0466 e.